The number of halogens is 1. The SMILES string of the molecule is C/C(F)=C\c1ccc2nccnc2c1. The summed E-state index contributed by atoms with van der Waals surface area (Å²) in [5.74, 6) is -0.215. The van der Waals surface area contributed by atoms with Gasteiger partial charge in [-0.2, -0.15) is 0 Å². The second kappa shape index (κ2) is 3.54. The maximum atomic E-state index is 12.6. The van der Waals surface area contributed by atoms with E-state index in [0.717, 1.165) is 16.6 Å². The first-order valence-electron chi connectivity index (χ1n) is 4.30. The third kappa shape index (κ3) is 1.76. The Balaban J connectivity index is 2.57. The summed E-state index contributed by atoms with van der Waals surface area (Å²) in [7, 11) is 0. The highest BCUT2D eigenvalue weighted by Gasteiger charge is 1.95. The summed E-state index contributed by atoms with van der Waals surface area (Å²) in [6, 6.07) is 5.46. The molecule has 0 fully saturated rings. The van der Waals surface area contributed by atoms with E-state index in [1.54, 1.807) is 12.4 Å². The predicted octanol–water partition coefficient (Wildman–Crippen LogP) is 2.96. The number of hydrogen-bond donors (Lipinski definition) is 0. The zero-order chi connectivity index (χ0) is 9.97. The molecule has 0 aliphatic rings. The maximum Gasteiger partial charge on any atom is 0.0974 e. The number of rotatable bonds is 1. The minimum atomic E-state index is -0.215. The molecule has 0 amide bonds. The maximum absolute atomic E-state index is 12.6. The summed E-state index contributed by atoms with van der Waals surface area (Å²) < 4.78 is 12.6. The summed E-state index contributed by atoms with van der Waals surface area (Å²) in [4.78, 5) is 8.26. The fourth-order valence-electron chi connectivity index (χ4n) is 1.30. The van der Waals surface area contributed by atoms with Gasteiger partial charge in [0.15, 0.2) is 0 Å². The number of aromatic nitrogens is 2. The van der Waals surface area contributed by atoms with E-state index in [2.05, 4.69) is 9.97 Å². The van der Waals surface area contributed by atoms with Crippen molar-refractivity contribution in [2.45, 2.75) is 6.92 Å². The molecule has 0 saturated heterocycles. The summed E-state index contributed by atoms with van der Waals surface area (Å²) in [6.07, 6.45) is 4.73. The molecule has 0 saturated carbocycles. The molecule has 0 atom stereocenters. The summed E-state index contributed by atoms with van der Waals surface area (Å²) in [5, 5.41) is 0. The van der Waals surface area contributed by atoms with E-state index in [9.17, 15) is 4.39 Å². The van der Waals surface area contributed by atoms with E-state index in [1.807, 2.05) is 18.2 Å². The molecule has 0 spiro atoms. The highest BCUT2D eigenvalue weighted by Crippen LogP contribution is 2.13. The number of allylic oxidation sites excluding steroid dienone is 1. The largest absolute Gasteiger partial charge is 0.253 e. The Hall–Kier alpha value is -1.77. The van der Waals surface area contributed by atoms with Gasteiger partial charge in [-0.05, 0) is 30.7 Å². The van der Waals surface area contributed by atoms with Crippen molar-refractivity contribution in [3.63, 3.8) is 0 Å². The molecule has 1 aromatic heterocycles. The third-order valence-corrected chi connectivity index (χ3v) is 1.86. The molecule has 2 nitrogen and oxygen atoms in total. The van der Waals surface area contributed by atoms with Crippen LogP contribution in [0.1, 0.15) is 12.5 Å². The van der Waals surface area contributed by atoms with Crippen LogP contribution < -0.4 is 0 Å². The minimum absolute atomic E-state index is 0.215. The third-order valence-electron chi connectivity index (χ3n) is 1.86. The van der Waals surface area contributed by atoms with Crippen molar-refractivity contribution >= 4 is 17.1 Å². The van der Waals surface area contributed by atoms with Crippen molar-refractivity contribution in [2.75, 3.05) is 0 Å². The van der Waals surface area contributed by atoms with Gasteiger partial charge < -0.3 is 0 Å². The topological polar surface area (TPSA) is 25.8 Å². The smallest absolute Gasteiger partial charge is 0.0974 e. The van der Waals surface area contributed by atoms with Crippen LogP contribution in [0.4, 0.5) is 4.39 Å². The van der Waals surface area contributed by atoms with Crippen molar-refractivity contribution in [1.29, 1.82) is 0 Å². The lowest BCUT2D eigenvalue weighted by atomic mass is 10.2. The number of benzene rings is 1. The zero-order valence-corrected chi connectivity index (χ0v) is 7.74. The Morgan fingerprint density at radius 3 is 2.64 bits per heavy atom. The fourth-order valence-corrected chi connectivity index (χ4v) is 1.30. The second-order valence-corrected chi connectivity index (χ2v) is 3.04. The quantitative estimate of drug-likeness (QED) is 0.687. The molecule has 14 heavy (non-hydrogen) atoms. The van der Waals surface area contributed by atoms with E-state index in [4.69, 9.17) is 0 Å². The van der Waals surface area contributed by atoms with E-state index < -0.39 is 0 Å². The first-order valence-corrected chi connectivity index (χ1v) is 4.30. The summed E-state index contributed by atoms with van der Waals surface area (Å²) >= 11 is 0. The molecule has 1 heterocycles. The van der Waals surface area contributed by atoms with Crippen LogP contribution in [-0.4, -0.2) is 9.97 Å². The van der Waals surface area contributed by atoms with E-state index >= 15 is 0 Å². The summed E-state index contributed by atoms with van der Waals surface area (Å²) in [6.45, 7) is 1.42. The lowest BCUT2D eigenvalue weighted by Crippen LogP contribution is -1.82. The van der Waals surface area contributed by atoms with Crippen LogP contribution in [0.2, 0.25) is 0 Å². The molecule has 3 heteroatoms. The highest BCUT2D eigenvalue weighted by atomic mass is 19.1. The molecule has 0 N–H and O–H groups in total. The first-order chi connectivity index (χ1) is 6.75. The van der Waals surface area contributed by atoms with Gasteiger partial charge in [-0.25, -0.2) is 4.39 Å². The van der Waals surface area contributed by atoms with Crippen LogP contribution >= 0.6 is 0 Å². The van der Waals surface area contributed by atoms with Crippen molar-refractivity contribution in [1.82, 2.24) is 9.97 Å². The number of nitrogens with zero attached hydrogens (tertiary/aromatic N) is 2. The van der Waals surface area contributed by atoms with Gasteiger partial charge in [0, 0.05) is 12.4 Å². The van der Waals surface area contributed by atoms with Crippen LogP contribution in [0.15, 0.2) is 36.4 Å². The van der Waals surface area contributed by atoms with Crippen LogP contribution in [0.3, 0.4) is 0 Å². The summed E-state index contributed by atoms with van der Waals surface area (Å²) in [5.41, 5.74) is 2.40. The van der Waals surface area contributed by atoms with Gasteiger partial charge in [-0.1, -0.05) is 6.07 Å². The number of fused-ring (bicyclic) bond motifs is 1. The monoisotopic (exact) mass is 188 g/mol. The average Bonchev–Trinajstić information content (AvgIpc) is 2.17. The molecule has 0 unspecified atom stereocenters. The van der Waals surface area contributed by atoms with Gasteiger partial charge in [0.05, 0.1) is 16.9 Å². The Kier molecular flexibility index (Phi) is 2.23. The van der Waals surface area contributed by atoms with Crippen LogP contribution in [0, 0.1) is 0 Å². The van der Waals surface area contributed by atoms with Gasteiger partial charge in [0.25, 0.3) is 0 Å². The molecule has 2 aromatic rings. The molecule has 0 bridgehead atoms. The molecule has 2 rings (SSSR count). The lowest BCUT2D eigenvalue weighted by Gasteiger charge is -1.97. The molecule has 0 radical (unpaired) electrons. The lowest BCUT2D eigenvalue weighted by molar-refractivity contribution is 0.648. The molecule has 70 valence electrons. The molecule has 0 aliphatic heterocycles. The predicted molar refractivity (Wildman–Crippen MR) is 54.3 cm³/mol. The minimum Gasteiger partial charge on any atom is -0.253 e. The Morgan fingerprint density at radius 2 is 1.93 bits per heavy atom. The van der Waals surface area contributed by atoms with Crippen molar-refractivity contribution in [2.24, 2.45) is 0 Å². The van der Waals surface area contributed by atoms with Gasteiger partial charge >= 0.3 is 0 Å². The standard InChI is InChI=1S/C11H9FN2/c1-8(12)6-9-2-3-10-11(7-9)14-5-4-13-10/h2-7H,1H3/b8-6+. The van der Waals surface area contributed by atoms with Crippen LogP contribution in [-0.2, 0) is 0 Å². The Bertz CT molecular complexity index is 487. The zero-order valence-electron chi connectivity index (χ0n) is 7.74. The Morgan fingerprint density at radius 1 is 1.21 bits per heavy atom. The number of hydrogen-bond acceptors (Lipinski definition) is 2. The molecule has 1 aromatic carbocycles. The first kappa shape index (κ1) is 8.81. The van der Waals surface area contributed by atoms with Gasteiger partial charge in [-0.15, -0.1) is 0 Å². The molecular weight excluding hydrogens is 179 g/mol. The van der Waals surface area contributed by atoms with Crippen LogP contribution in [0.5, 0.6) is 0 Å². The van der Waals surface area contributed by atoms with E-state index in [-0.39, 0.29) is 5.83 Å². The molecular formula is C11H9FN2. The van der Waals surface area contributed by atoms with Crippen molar-refractivity contribution in [3.05, 3.63) is 42.0 Å². The van der Waals surface area contributed by atoms with Crippen molar-refractivity contribution in [3.8, 4) is 0 Å². The molecule has 0 aliphatic carbocycles. The average molecular weight is 188 g/mol. The van der Waals surface area contributed by atoms with Gasteiger partial charge in [0.1, 0.15) is 0 Å². The van der Waals surface area contributed by atoms with Crippen molar-refractivity contribution < 1.29 is 4.39 Å². The Labute approximate surface area is 81.1 Å². The fraction of sp³-hybridized carbons (Fsp3) is 0.0909. The van der Waals surface area contributed by atoms with Gasteiger partial charge in [-0.3, -0.25) is 9.97 Å². The second-order valence-electron chi connectivity index (χ2n) is 3.04. The highest BCUT2D eigenvalue weighted by molar-refractivity contribution is 5.77. The van der Waals surface area contributed by atoms with Crippen LogP contribution in [0.25, 0.3) is 17.1 Å². The van der Waals surface area contributed by atoms with E-state index in [1.165, 1.54) is 13.0 Å². The van der Waals surface area contributed by atoms with E-state index in [0.29, 0.717) is 0 Å². The normalized spacial score (nSPS) is 12.0. The van der Waals surface area contributed by atoms with Gasteiger partial charge in [0.2, 0.25) is 0 Å².